The van der Waals surface area contributed by atoms with Crippen LogP contribution in [0.15, 0.2) is 0 Å². The average molecular weight is 261 g/mol. The Labute approximate surface area is 107 Å². The lowest BCUT2D eigenvalue weighted by Crippen LogP contribution is -2.47. The summed E-state index contributed by atoms with van der Waals surface area (Å²) >= 11 is 0. The predicted molar refractivity (Wildman–Crippen MR) is 64.9 cm³/mol. The first-order valence-corrected chi connectivity index (χ1v) is 6.45. The van der Waals surface area contributed by atoms with E-state index in [0.29, 0.717) is 19.4 Å². The molecule has 6 nitrogen and oxygen atoms in total. The van der Waals surface area contributed by atoms with Crippen LogP contribution in [0.5, 0.6) is 0 Å². The van der Waals surface area contributed by atoms with Crippen molar-refractivity contribution in [3.8, 4) is 0 Å². The molecular weight excluding hydrogens is 238 g/mol. The molecule has 0 aliphatic carbocycles. The Bertz CT molecular complexity index is 261. The Hall–Kier alpha value is -0.690. The van der Waals surface area contributed by atoms with Gasteiger partial charge in [0.25, 0.3) is 0 Å². The smallest absolute Gasteiger partial charge is 0.228 e. The van der Waals surface area contributed by atoms with Crippen molar-refractivity contribution in [2.45, 2.75) is 44.5 Å². The van der Waals surface area contributed by atoms with E-state index in [4.69, 9.17) is 9.84 Å². The summed E-state index contributed by atoms with van der Waals surface area (Å²) in [5.41, 5.74) is 0. The van der Waals surface area contributed by atoms with Crippen molar-refractivity contribution in [1.29, 1.82) is 0 Å². The van der Waals surface area contributed by atoms with E-state index in [1.165, 1.54) is 0 Å². The highest BCUT2D eigenvalue weighted by Crippen LogP contribution is 2.25. The van der Waals surface area contributed by atoms with E-state index < -0.39 is 24.2 Å². The predicted octanol–water partition coefficient (Wildman–Crippen LogP) is -0.978. The SMILES string of the molecule is CCCNC(=O)C(CO)C1CC(O)CC(CO)O1. The van der Waals surface area contributed by atoms with Gasteiger partial charge in [-0.15, -0.1) is 0 Å². The molecule has 18 heavy (non-hydrogen) atoms. The van der Waals surface area contributed by atoms with Gasteiger partial charge >= 0.3 is 0 Å². The van der Waals surface area contributed by atoms with Crippen LogP contribution in [0.4, 0.5) is 0 Å². The standard InChI is InChI=1S/C12H23NO5/c1-2-3-13-12(17)10(7-15)11-5-8(16)4-9(6-14)18-11/h8-11,14-16H,2-7H2,1H3,(H,13,17). The van der Waals surface area contributed by atoms with Gasteiger partial charge in [0.05, 0.1) is 37.4 Å². The van der Waals surface area contributed by atoms with Gasteiger partial charge in [0.1, 0.15) is 0 Å². The van der Waals surface area contributed by atoms with E-state index in [1.807, 2.05) is 6.92 Å². The molecule has 0 aromatic heterocycles. The molecule has 106 valence electrons. The minimum absolute atomic E-state index is 0.192. The Morgan fingerprint density at radius 1 is 1.44 bits per heavy atom. The molecule has 0 aromatic carbocycles. The summed E-state index contributed by atoms with van der Waals surface area (Å²) in [7, 11) is 0. The van der Waals surface area contributed by atoms with E-state index in [9.17, 15) is 15.0 Å². The van der Waals surface area contributed by atoms with Crippen LogP contribution in [0.1, 0.15) is 26.2 Å². The Morgan fingerprint density at radius 2 is 2.17 bits per heavy atom. The second-order valence-electron chi connectivity index (χ2n) is 4.68. The van der Waals surface area contributed by atoms with Crippen LogP contribution in [0, 0.1) is 5.92 Å². The number of rotatable bonds is 6. The van der Waals surface area contributed by atoms with Crippen molar-refractivity contribution >= 4 is 5.91 Å². The quantitative estimate of drug-likeness (QED) is 0.493. The number of ether oxygens (including phenoxy) is 1. The number of amides is 1. The minimum Gasteiger partial charge on any atom is -0.395 e. The Balaban J connectivity index is 2.60. The second kappa shape index (κ2) is 7.68. The van der Waals surface area contributed by atoms with Gasteiger partial charge < -0.3 is 25.4 Å². The number of carbonyl (C=O) groups is 1. The van der Waals surface area contributed by atoms with Gasteiger partial charge in [-0.2, -0.15) is 0 Å². The highest BCUT2D eigenvalue weighted by molar-refractivity contribution is 5.79. The van der Waals surface area contributed by atoms with Gasteiger partial charge in [-0.3, -0.25) is 4.79 Å². The molecule has 0 radical (unpaired) electrons. The van der Waals surface area contributed by atoms with Crippen LogP contribution in [-0.4, -0.2) is 59.3 Å². The molecule has 0 spiro atoms. The lowest BCUT2D eigenvalue weighted by molar-refractivity contribution is -0.153. The molecular formula is C12H23NO5. The zero-order valence-electron chi connectivity index (χ0n) is 10.7. The summed E-state index contributed by atoms with van der Waals surface area (Å²) in [5, 5.41) is 30.8. The maximum absolute atomic E-state index is 11.8. The maximum Gasteiger partial charge on any atom is 0.228 e. The fourth-order valence-electron chi connectivity index (χ4n) is 2.15. The molecule has 6 heteroatoms. The number of hydrogen-bond acceptors (Lipinski definition) is 5. The van der Waals surface area contributed by atoms with Crippen LogP contribution < -0.4 is 5.32 Å². The van der Waals surface area contributed by atoms with Crippen molar-refractivity contribution in [3.63, 3.8) is 0 Å². The van der Waals surface area contributed by atoms with E-state index in [2.05, 4.69) is 5.32 Å². The molecule has 1 aliphatic heterocycles. The van der Waals surface area contributed by atoms with Crippen molar-refractivity contribution < 1.29 is 24.9 Å². The molecule has 4 atom stereocenters. The van der Waals surface area contributed by atoms with E-state index in [-0.39, 0.29) is 19.1 Å². The van der Waals surface area contributed by atoms with Crippen molar-refractivity contribution in [3.05, 3.63) is 0 Å². The number of aliphatic hydroxyl groups is 3. The number of hydrogen-bond donors (Lipinski definition) is 4. The van der Waals surface area contributed by atoms with Crippen LogP contribution in [0.25, 0.3) is 0 Å². The van der Waals surface area contributed by atoms with Gasteiger partial charge in [0.2, 0.25) is 5.91 Å². The van der Waals surface area contributed by atoms with E-state index >= 15 is 0 Å². The third-order valence-electron chi connectivity index (χ3n) is 3.14. The molecule has 1 fully saturated rings. The first-order valence-electron chi connectivity index (χ1n) is 6.45. The van der Waals surface area contributed by atoms with E-state index in [1.54, 1.807) is 0 Å². The zero-order valence-corrected chi connectivity index (χ0v) is 10.7. The third-order valence-corrected chi connectivity index (χ3v) is 3.14. The molecule has 1 heterocycles. The second-order valence-corrected chi connectivity index (χ2v) is 4.68. The van der Waals surface area contributed by atoms with Crippen molar-refractivity contribution in [1.82, 2.24) is 5.32 Å². The van der Waals surface area contributed by atoms with E-state index in [0.717, 1.165) is 6.42 Å². The molecule has 4 unspecified atom stereocenters. The molecule has 0 saturated carbocycles. The molecule has 1 aliphatic rings. The molecule has 1 saturated heterocycles. The first-order chi connectivity index (χ1) is 8.62. The lowest BCUT2D eigenvalue weighted by atomic mass is 9.92. The highest BCUT2D eigenvalue weighted by Gasteiger charge is 2.36. The summed E-state index contributed by atoms with van der Waals surface area (Å²) in [6, 6.07) is 0. The normalized spacial score (nSPS) is 29.9. The van der Waals surface area contributed by atoms with Gasteiger partial charge in [0, 0.05) is 19.4 Å². The van der Waals surface area contributed by atoms with Gasteiger partial charge in [-0.05, 0) is 6.42 Å². The van der Waals surface area contributed by atoms with Gasteiger partial charge in [-0.1, -0.05) is 6.92 Å². The number of aliphatic hydroxyl groups excluding tert-OH is 3. The molecule has 0 bridgehead atoms. The van der Waals surface area contributed by atoms with Gasteiger partial charge in [0.15, 0.2) is 0 Å². The maximum atomic E-state index is 11.8. The first kappa shape index (κ1) is 15.4. The van der Waals surface area contributed by atoms with Crippen LogP contribution in [0.2, 0.25) is 0 Å². The van der Waals surface area contributed by atoms with Crippen LogP contribution in [-0.2, 0) is 9.53 Å². The zero-order chi connectivity index (χ0) is 13.5. The summed E-state index contributed by atoms with van der Waals surface area (Å²) in [4.78, 5) is 11.8. The average Bonchev–Trinajstić information content (AvgIpc) is 2.36. The van der Waals surface area contributed by atoms with Crippen molar-refractivity contribution in [2.24, 2.45) is 5.92 Å². The molecule has 0 aromatic rings. The minimum atomic E-state index is -0.694. The monoisotopic (exact) mass is 261 g/mol. The van der Waals surface area contributed by atoms with Crippen LogP contribution in [0.3, 0.4) is 0 Å². The van der Waals surface area contributed by atoms with Crippen LogP contribution >= 0.6 is 0 Å². The Kier molecular flexibility index (Phi) is 6.56. The number of nitrogens with one attached hydrogen (secondary N) is 1. The highest BCUT2D eigenvalue weighted by atomic mass is 16.5. The summed E-state index contributed by atoms with van der Waals surface area (Å²) in [5.74, 6) is -0.962. The summed E-state index contributed by atoms with van der Waals surface area (Å²) in [6.07, 6.45) is -0.131. The molecule has 1 amide bonds. The molecule has 1 rings (SSSR count). The lowest BCUT2D eigenvalue weighted by Gasteiger charge is -2.35. The van der Waals surface area contributed by atoms with Gasteiger partial charge in [-0.25, -0.2) is 0 Å². The van der Waals surface area contributed by atoms with Crippen molar-refractivity contribution in [2.75, 3.05) is 19.8 Å². The fraction of sp³-hybridized carbons (Fsp3) is 0.917. The largest absolute Gasteiger partial charge is 0.395 e. The summed E-state index contributed by atoms with van der Waals surface area (Å²) in [6.45, 7) is 1.97. The number of carbonyl (C=O) groups excluding carboxylic acids is 1. The third kappa shape index (κ3) is 4.20. The topological polar surface area (TPSA) is 99.0 Å². The summed E-state index contributed by atoms with van der Waals surface area (Å²) < 4.78 is 5.53. The molecule has 4 N–H and O–H groups in total. The Morgan fingerprint density at radius 3 is 2.72 bits per heavy atom. The fourth-order valence-corrected chi connectivity index (χ4v) is 2.15.